The molecule has 0 saturated carbocycles. The first-order valence-electron chi connectivity index (χ1n) is 6.72. The van der Waals surface area contributed by atoms with Crippen LogP contribution in [0.15, 0.2) is 17.2 Å². The van der Waals surface area contributed by atoms with E-state index in [1.54, 1.807) is 6.92 Å². The lowest BCUT2D eigenvalue weighted by Gasteiger charge is -2.13. The third-order valence-electron chi connectivity index (χ3n) is 2.95. The number of hydrogen-bond donors (Lipinski definition) is 1. The van der Waals surface area contributed by atoms with Crippen LogP contribution in [0.2, 0.25) is 0 Å². The number of hydrogen-bond acceptors (Lipinski definition) is 5. The Hall–Kier alpha value is -1.38. The molecule has 0 aliphatic rings. The summed E-state index contributed by atoms with van der Waals surface area (Å²) in [5.74, 6) is -0.568. The fourth-order valence-electron chi connectivity index (χ4n) is 1.89. The molecule has 0 spiro atoms. The quantitative estimate of drug-likeness (QED) is 0.724. The minimum atomic E-state index is -3.87. The van der Waals surface area contributed by atoms with E-state index in [0.717, 1.165) is 12.8 Å². The van der Waals surface area contributed by atoms with Gasteiger partial charge in [-0.25, -0.2) is 18.4 Å². The van der Waals surface area contributed by atoms with Crippen LogP contribution in [0.4, 0.5) is 0 Å². The summed E-state index contributed by atoms with van der Waals surface area (Å²) in [6.07, 6.45) is 2.72. The summed E-state index contributed by atoms with van der Waals surface area (Å²) in [5.41, 5.74) is 0.152. The van der Waals surface area contributed by atoms with Gasteiger partial charge >= 0.3 is 5.97 Å². The molecule has 1 aromatic rings. The molecular weight excluding hydrogens is 296 g/mol. The van der Waals surface area contributed by atoms with Gasteiger partial charge in [-0.15, -0.1) is 0 Å². The lowest BCUT2D eigenvalue weighted by molar-refractivity contribution is 0.0309. The van der Waals surface area contributed by atoms with E-state index in [1.165, 1.54) is 23.9 Å². The summed E-state index contributed by atoms with van der Waals surface area (Å²) in [5, 5.41) is 5.09. The van der Waals surface area contributed by atoms with Gasteiger partial charge in [0.2, 0.25) is 10.0 Å². The fourth-order valence-corrected chi connectivity index (χ4v) is 2.44. The molecule has 1 rings (SSSR count). The maximum atomic E-state index is 12.1. The number of primary sulfonamides is 1. The standard InChI is InChI=1S/C13H22N2O5S/c1-4-5-10(2)20-13(16)12-8-11(21(14,17)18)9-15(12)6-7-19-3/h8-10H,4-7H2,1-3H3,(H2,14,17,18). The van der Waals surface area contributed by atoms with E-state index < -0.39 is 16.0 Å². The Labute approximate surface area is 125 Å². The molecule has 0 saturated heterocycles. The highest BCUT2D eigenvalue weighted by molar-refractivity contribution is 7.89. The van der Waals surface area contributed by atoms with Crippen LogP contribution in [0.3, 0.4) is 0 Å². The molecule has 0 radical (unpaired) electrons. The number of nitrogens with two attached hydrogens (primary N) is 1. The van der Waals surface area contributed by atoms with Crippen LogP contribution in [0.1, 0.15) is 37.2 Å². The molecule has 8 heteroatoms. The fraction of sp³-hybridized carbons (Fsp3) is 0.615. The molecule has 0 aromatic carbocycles. The number of esters is 1. The first-order chi connectivity index (χ1) is 9.79. The Bertz CT molecular complexity index is 579. The molecular formula is C13H22N2O5S. The van der Waals surface area contributed by atoms with Gasteiger partial charge in [-0.1, -0.05) is 13.3 Å². The lowest BCUT2D eigenvalue weighted by atomic mass is 10.2. The summed E-state index contributed by atoms with van der Waals surface area (Å²) in [7, 11) is -2.35. The van der Waals surface area contributed by atoms with Crippen LogP contribution < -0.4 is 5.14 Å². The second kappa shape index (κ2) is 7.58. The van der Waals surface area contributed by atoms with Crippen molar-refractivity contribution in [2.45, 2.75) is 44.2 Å². The Morgan fingerprint density at radius 3 is 2.67 bits per heavy atom. The average molecular weight is 318 g/mol. The van der Waals surface area contributed by atoms with Gasteiger partial charge in [-0.3, -0.25) is 0 Å². The van der Waals surface area contributed by atoms with Crippen molar-refractivity contribution in [3.05, 3.63) is 18.0 Å². The number of carbonyl (C=O) groups excluding carboxylic acids is 1. The highest BCUT2D eigenvalue weighted by Crippen LogP contribution is 2.16. The van der Waals surface area contributed by atoms with Gasteiger partial charge in [-0.05, 0) is 19.4 Å². The number of nitrogens with zero attached hydrogens (tertiary/aromatic N) is 1. The van der Waals surface area contributed by atoms with Gasteiger partial charge < -0.3 is 14.0 Å². The van der Waals surface area contributed by atoms with E-state index in [9.17, 15) is 13.2 Å². The summed E-state index contributed by atoms with van der Waals surface area (Å²) < 4.78 is 34.5. The zero-order valence-corrected chi connectivity index (χ0v) is 13.4. The number of carbonyl (C=O) groups is 1. The topological polar surface area (TPSA) is 101 Å². The third-order valence-corrected chi connectivity index (χ3v) is 3.83. The number of methoxy groups -OCH3 is 1. The molecule has 0 bridgehead atoms. The minimum absolute atomic E-state index is 0.117. The van der Waals surface area contributed by atoms with Gasteiger partial charge in [0.15, 0.2) is 0 Å². The average Bonchev–Trinajstić information content (AvgIpc) is 2.80. The number of rotatable bonds is 8. The van der Waals surface area contributed by atoms with Gasteiger partial charge in [0.25, 0.3) is 0 Å². The van der Waals surface area contributed by atoms with E-state index in [0.29, 0.717) is 13.2 Å². The molecule has 1 unspecified atom stereocenters. The van der Waals surface area contributed by atoms with E-state index in [2.05, 4.69) is 0 Å². The molecule has 1 heterocycles. The highest BCUT2D eigenvalue weighted by atomic mass is 32.2. The Morgan fingerprint density at radius 2 is 2.14 bits per heavy atom. The van der Waals surface area contributed by atoms with Crippen LogP contribution >= 0.6 is 0 Å². The zero-order valence-electron chi connectivity index (χ0n) is 12.5. The van der Waals surface area contributed by atoms with Crippen molar-refractivity contribution >= 4 is 16.0 Å². The molecule has 7 nitrogen and oxygen atoms in total. The molecule has 2 N–H and O–H groups in total. The Balaban J connectivity index is 3.02. The summed E-state index contributed by atoms with van der Waals surface area (Å²) in [4.78, 5) is 12.0. The Kier molecular flexibility index (Phi) is 6.38. The van der Waals surface area contributed by atoms with Crippen molar-refractivity contribution in [3.8, 4) is 0 Å². The van der Waals surface area contributed by atoms with Crippen molar-refractivity contribution < 1.29 is 22.7 Å². The SMILES string of the molecule is CCCC(C)OC(=O)c1cc(S(N)(=O)=O)cn1CCOC. The predicted molar refractivity (Wildman–Crippen MR) is 77.5 cm³/mol. The second-order valence-corrected chi connectivity index (χ2v) is 6.36. The molecule has 0 aliphatic carbocycles. The van der Waals surface area contributed by atoms with Crippen molar-refractivity contribution in [1.29, 1.82) is 0 Å². The molecule has 1 atom stereocenters. The smallest absolute Gasteiger partial charge is 0.355 e. The monoisotopic (exact) mass is 318 g/mol. The maximum Gasteiger partial charge on any atom is 0.355 e. The molecule has 1 aromatic heterocycles. The molecule has 120 valence electrons. The van der Waals surface area contributed by atoms with Crippen LogP contribution in [0.5, 0.6) is 0 Å². The first kappa shape index (κ1) is 17.7. The maximum absolute atomic E-state index is 12.1. The van der Waals surface area contributed by atoms with E-state index in [4.69, 9.17) is 14.6 Å². The highest BCUT2D eigenvalue weighted by Gasteiger charge is 2.21. The zero-order chi connectivity index (χ0) is 16.0. The largest absolute Gasteiger partial charge is 0.458 e. The summed E-state index contributed by atoms with van der Waals surface area (Å²) >= 11 is 0. The summed E-state index contributed by atoms with van der Waals surface area (Å²) in [6.45, 7) is 4.46. The van der Waals surface area contributed by atoms with E-state index >= 15 is 0 Å². The third kappa shape index (κ3) is 5.14. The van der Waals surface area contributed by atoms with E-state index in [1.807, 2.05) is 6.92 Å². The molecule has 0 amide bonds. The molecule has 0 fully saturated rings. The Morgan fingerprint density at radius 1 is 1.48 bits per heavy atom. The van der Waals surface area contributed by atoms with E-state index in [-0.39, 0.29) is 16.7 Å². The number of sulfonamides is 1. The molecule has 21 heavy (non-hydrogen) atoms. The van der Waals surface area contributed by atoms with Crippen LogP contribution in [0, 0.1) is 0 Å². The van der Waals surface area contributed by atoms with Crippen LogP contribution in [-0.4, -0.2) is 38.8 Å². The van der Waals surface area contributed by atoms with Gasteiger partial charge in [0, 0.05) is 19.9 Å². The van der Waals surface area contributed by atoms with Gasteiger partial charge in [0.1, 0.15) is 10.6 Å². The van der Waals surface area contributed by atoms with Crippen molar-refractivity contribution in [3.63, 3.8) is 0 Å². The summed E-state index contributed by atoms with van der Waals surface area (Å²) in [6, 6.07) is 1.23. The lowest BCUT2D eigenvalue weighted by Crippen LogP contribution is -2.18. The van der Waals surface area contributed by atoms with Crippen molar-refractivity contribution in [2.24, 2.45) is 5.14 Å². The predicted octanol–water partition coefficient (Wildman–Crippen LogP) is 1.13. The second-order valence-electron chi connectivity index (χ2n) is 4.80. The molecule has 0 aliphatic heterocycles. The van der Waals surface area contributed by atoms with Gasteiger partial charge in [0.05, 0.1) is 12.7 Å². The number of aromatic nitrogens is 1. The van der Waals surface area contributed by atoms with Gasteiger partial charge in [-0.2, -0.15) is 0 Å². The van der Waals surface area contributed by atoms with Crippen molar-refractivity contribution in [2.75, 3.05) is 13.7 Å². The first-order valence-corrected chi connectivity index (χ1v) is 8.27. The van der Waals surface area contributed by atoms with Crippen LogP contribution in [0.25, 0.3) is 0 Å². The van der Waals surface area contributed by atoms with Crippen molar-refractivity contribution in [1.82, 2.24) is 4.57 Å². The number of ether oxygens (including phenoxy) is 2. The van der Waals surface area contributed by atoms with Crippen LogP contribution in [-0.2, 0) is 26.0 Å². The normalized spacial score (nSPS) is 13.1. The minimum Gasteiger partial charge on any atom is -0.458 e.